The van der Waals surface area contributed by atoms with Gasteiger partial charge < -0.3 is 10.6 Å². The number of rotatable bonds is 5. The maximum Gasteiger partial charge on any atom is 0.225 e. The van der Waals surface area contributed by atoms with E-state index in [1.165, 1.54) is 32.1 Å². The van der Waals surface area contributed by atoms with Crippen molar-refractivity contribution < 1.29 is 4.79 Å². The zero-order valence-electron chi connectivity index (χ0n) is 13.4. The Bertz CT molecular complexity index is 325. The number of carbonyl (C=O) groups is 1. The van der Waals surface area contributed by atoms with Crippen LogP contribution in [-0.2, 0) is 4.79 Å². The van der Waals surface area contributed by atoms with Gasteiger partial charge in [0.2, 0.25) is 5.91 Å². The van der Waals surface area contributed by atoms with Crippen molar-refractivity contribution in [2.75, 3.05) is 19.6 Å². The minimum Gasteiger partial charge on any atom is -0.342 e. The molecule has 3 heteroatoms. The number of likely N-dealkylation sites (tertiary alicyclic amines) is 1. The number of nitrogens with zero attached hydrogens (tertiary/aromatic N) is 1. The van der Waals surface area contributed by atoms with Gasteiger partial charge in [0, 0.05) is 19.0 Å². The SMILES string of the molecule is CCC(CC1CCCCC1)C(=O)N1CCC(C)(CN)C1. The van der Waals surface area contributed by atoms with Crippen molar-refractivity contribution >= 4 is 5.91 Å². The molecule has 1 saturated heterocycles. The highest BCUT2D eigenvalue weighted by atomic mass is 16.2. The molecule has 2 fully saturated rings. The molecule has 2 rings (SSSR count). The Morgan fingerprint density at radius 1 is 1.35 bits per heavy atom. The van der Waals surface area contributed by atoms with Crippen LogP contribution in [-0.4, -0.2) is 30.4 Å². The fourth-order valence-electron chi connectivity index (χ4n) is 3.90. The lowest BCUT2D eigenvalue weighted by molar-refractivity contribution is -0.135. The predicted molar refractivity (Wildman–Crippen MR) is 83.3 cm³/mol. The number of hydrogen-bond acceptors (Lipinski definition) is 2. The third-order valence-corrected chi connectivity index (χ3v) is 5.55. The molecule has 1 saturated carbocycles. The molecule has 0 spiro atoms. The Morgan fingerprint density at radius 2 is 2.05 bits per heavy atom. The van der Waals surface area contributed by atoms with Crippen molar-refractivity contribution in [3.05, 3.63) is 0 Å². The average molecular weight is 280 g/mol. The van der Waals surface area contributed by atoms with Gasteiger partial charge in [-0.15, -0.1) is 0 Å². The third-order valence-electron chi connectivity index (χ3n) is 5.55. The topological polar surface area (TPSA) is 46.3 Å². The molecule has 2 atom stereocenters. The van der Waals surface area contributed by atoms with Gasteiger partial charge in [-0.3, -0.25) is 4.79 Å². The van der Waals surface area contributed by atoms with Crippen LogP contribution < -0.4 is 5.73 Å². The van der Waals surface area contributed by atoms with Gasteiger partial charge >= 0.3 is 0 Å². The van der Waals surface area contributed by atoms with Crippen LogP contribution in [0.5, 0.6) is 0 Å². The van der Waals surface area contributed by atoms with E-state index >= 15 is 0 Å². The summed E-state index contributed by atoms with van der Waals surface area (Å²) in [4.78, 5) is 14.8. The van der Waals surface area contributed by atoms with Crippen LogP contribution in [0.3, 0.4) is 0 Å². The maximum atomic E-state index is 12.7. The molecule has 1 heterocycles. The predicted octanol–water partition coefficient (Wildman–Crippen LogP) is 3.18. The van der Waals surface area contributed by atoms with Crippen LogP contribution in [0.4, 0.5) is 0 Å². The first-order valence-electron chi connectivity index (χ1n) is 8.57. The van der Waals surface area contributed by atoms with Crippen LogP contribution in [0, 0.1) is 17.3 Å². The molecule has 0 aromatic rings. The van der Waals surface area contributed by atoms with E-state index in [2.05, 4.69) is 18.7 Å². The smallest absolute Gasteiger partial charge is 0.225 e. The lowest BCUT2D eigenvalue weighted by Crippen LogP contribution is -2.38. The summed E-state index contributed by atoms with van der Waals surface area (Å²) in [6.45, 7) is 6.85. The lowest BCUT2D eigenvalue weighted by atomic mass is 9.81. The fraction of sp³-hybridized carbons (Fsp3) is 0.941. The van der Waals surface area contributed by atoms with E-state index in [4.69, 9.17) is 5.73 Å². The number of carbonyl (C=O) groups excluding carboxylic acids is 1. The van der Waals surface area contributed by atoms with E-state index < -0.39 is 0 Å². The molecule has 2 N–H and O–H groups in total. The van der Waals surface area contributed by atoms with Gasteiger partial charge in [-0.1, -0.05) is 46.0 Å². The first-order chi connectivity index (χ1) is 9.58. The molecule has 1 aliphatic heterocycles. The van der Waals surface area contributed by atoms with E-state index in [0.717, 1.165) is 38.3 Å². The van der Waals surface area contributed by atoms with E-state index in [0.29, 0.717) is 12.5 Å². The Hall–Kier alpha value is -0.570. The Kier molecular flexibility index (Phi) is 5.48. The highest BCUT2D eigenvalue weighted by Gasteiger charge is 2.37. The first-order valence-corrected chi connectivity index (χ1v) is 8.57. The van der Waals surface area contributed by atoms with Crippen molar-refractivity contribution in [2.24, 2.45) is 23.0 Å². The minimum atomic E-state index is 0.152. The minimum absolute atomic E-state index is 0.152. The van der Waals surface area contributed by atoms with Crippen molar-refractivity contribution in [1.29, 1.82) is 0 Å². The Balaban J connectivity index is 1.88. The molecule has 2 unspecified atom stereocenters. The quantitative estimate of drug-likeness (QED) is 0.840. The van der Waals surface area contributed by atoms with Gasteiger partial charge in [0.15, 0.2) is 0 Å². The van der Waals surface area contributed by atoms with E-state index in [-0.39, 0.29) is 11.3 Å². The van der Waals surface area contributed by atoms with Gasteiger partial charge in [-0.2, -0.15) is 0 Å². The lowest BCUT2D eigenvalue weighted by Gasteiger charge is -2.29. The third kappa shape index (κ3) is 3.75. The molecular formula is C17H32N2O. The van der Waals surface area contributed by atoms with Crippen molar-refractivity contribution in [3.8, 4) is 0 Å². The molecule has 3 nitrogen and oxygen atoms in total. The van der Waals surface area contributed by atoms with E-state index in [9.17, 15) is 4.79 Å². The summed E-state index contributed by atoms with van der Waals surface area (Å²) in [5, 5.41) is 0. The molecule has 0 aromatic heterocycles. The summed E-state index contributed by atoms with van der Waals surface area (Å²) < 4.78 is 0. The zero-order chi connectivity index (χ0) is 14.6. The molecule has 0 bridgehead atoms. The van der Waals surface area contributed by atoms with E-state index in [1.54, 1.807) is 0 Å². The van der Waals surface area contributed by atoms with Crippen LogP contribution in [0.1, 0.15) is 65.2 Å². The van der Waals surface area contributed by atoms with Crippen molar-refractivity contribution in [3.63, 3.8) is 0 Å². The maximum absolute atomic E-state index is 12.7. The van der Waals surface area contributed by atoms with E-state index in [1.807, 2.05) is 0 Å². The van der Waals surface area contributed by atoms with Crippen LogP contribution in [0.15, 0.2) is 0 Å². The molecule has 0 radical (unpaired) electrons. The standard InChI is InChI=1S/C17H32N2O/c1-3-15(11-14-7-5-4-6-8-14)16(20)19-10-9-17(2,12-18)13-19/h14-15H,3-13,18H2,1-2H3. The largest absolute Gasteiger partial charge is 0.342 e. The molecule has 20 heavy (non-hydrogen) atoms. The molecule has 116 valence electrons. The van der Waals surface area contributed by atoms with Crippen LogP contribution >= 0.6 is 0 Å². The summed E-state index contributed by atoms with van der Waals surface area (Å²) in [5.74, 6) is 1.44. The Morgan fingerprint density at radius 3 is 2.60 bits per heavy atom. The second-order valence-corrected chi connectivity index (χ2v) is 7.37. The second kappa shape index (κ2) is 6.93. The highest BCUT2D eigenvalue weighted by molar-refractivity contribution is 5.79. The summed E-state index contributed by atoms with van der Waals surface area (Å²) in [6, 6.07) is 0. The van der Waals surface area contributed by atoms with Crippen LogP contribution in [0.25, 0.3) is 0 Å². The summed E-state index contributed by atoms with van der Waals surface area (Å²) in [7, 11) is 0. The van der Waals surface area contributed by atoms with Crippen LogP contribution in [0.2, 0.25) is 0 Å². The average Bonchev–Trinajstić information content (AvgIpc) is 2.88. The highest BCUT2D eigenvalue weighted by Crippen LogP contribution is 2.33. The molecule has 2 aliphatic rings. The molecule has 1 amide bonds. The number of amides is 1. The van der Waals surface area contributed by atoms with Gasteiger partial charge in [0.25, 0.3) is 0 Å². The van der Waals surface area contributed by atoms with Gasteiger partial charge in [0.1, 0.15) is 0 Å². The summed E-state index contributed by atoms with van der Waals surface area (Å²) in [5.41, 5.74) is 6.00. The van der Waals surface area contributed by atoms with Crippen molar-refractivity contribution in [2.45, 2.75) is 65.2 Å². The summed E-state index contributed by atoms with van der Waals surface area (Å²) >= 11 is 0. The normalized spacial score (nSPS) is 29.6. The first kappa shape index (κ1) is 15.8. The zero-order valence-corrected chi connectivity index (χ0v) is 13.4. The Labute approximate surface area is 124 Å². The molecule has 1 aliphatic carbocycles. The fourth-order valence-corrected chi connectivity index (χ4v) is 3.90. The van der Waals surface area contributed by atoms with Crippen molar-refractivity contribution in [1.82, 2.24) is 4.90 Å². The monoisotopic (exact) mass is 280 g/mol. The van der Waals surface area contributed by atoms with Gasteiger partial charge in [-0.25, -0.2) is 0 Å². The molecule has 0 aromatic carbocycles. The van der Waals surface area contributed by atoms with Gasteiger partial charge in [0.05, 0.1) is 0 Å². The summed E-state index contributed by atoms with van der Waals surface area (Å²) in [6.07, 6.45) is 9.97. The number of hydrogen-bond donors (Lipinski definition) is 1. The molecular weight excluding hydrogens is 248 g/mol. The van der Waals surface area contributed by atoms with Gasteiger partial charge in [-0.05, 0) is 37.1 Å². The number of nitrogens with two attached hydrogens (primary N) is 1. The second-order valence-electron chi connectivity index (χ2n) is 7.37.